The third kappa shape index (κ3) is 3.47. The maximum atomic E-state index is 12.0. The lowest BCUT2D eigenvalue weighted by atomic mass is 10.1. The van der Waals surface area contributed by atoms with Crippen LogP contribution >= 0.6 is 11.3 Å². The Balaban J connectivity index is 1.66. The first-order valence-corrected chi connectivity index (χ1v) is 9.99. The molecule has 0 spiro atoms. The highest BCUT2D eigenvalue weighted by Crippen LogP contribution is 2.28. The number of anilines is 1. The van der Waals surface area contributed by atoms with Crippen molar-refractivity contribution in [3.05, 3.63) is 23.8 Å². The number of carbonyl (C=O) groups excluding carboxylic acids is 1. The molecule has 0 aliphatic carbocycles. The summed E-state index contributed by atoms with van der Waals surface area (Å²) in [5.74, 6) is 0.106. The maximum Gasteiger partial charge on any atom is 0.226 e. The van der Waals surface area contributed by atoms with Gasteiger partial charge in [0.1, 0.15) is 0 Å². The van der Waals surface area contributed by atoms with Gasteiger partial charge in [-0.25, -0.2) is 13.4 Å². The fourth-order valence-electron chi connectivity index (χ4n) is 2.71. The number of hydrogen-bond donors (Lipinski definition) is 1. The minimum atomic E-state index is -2.94. The van der Waals surface area contributed by atoms with Crippen LogP contribution in [0.25, 0.3) is 10.2 Å². The summed E-state index contributed by atoms with van der Waals surface area (Å²) < 4.78 is 23.9. The Morgan fingerprint density at radius 2 is 2.27 bits per heavy atom. The van der Waals surface area contributed by atoms with Gasteiger partial charge >= 0.3 is 0 Å². The Bertz CT molecular complexity index is 811. The molecule has 1 saturated heterocycles. The summed E-state index contributed by atoms with van der Waals surface area (Å²) in [4.78, 5) is 16.4. The van der Waals surface area contributed by atoms with Crippen LogP contribution in [-0.2, 0) is 21.1 Å². The molecule has 22 heavy (non-hydrogen) atoms. The van der Waals surface area contributed by atoms with E-state index in [1.807, 2.05) is 12.1 Å². The topological polar surface area (TPSA) is 76.1 Å². The molecule has 1 amide bonds. The summed E-state index contributed by atoms with van der Waals surface area (Å²) in [7, 11) is -2.94. The van der Waals surface area contributed by atoms with Crippen LogP contribution in [0.4, 0.5) is 5.13 Å². The molecule has 0 bridgehead atoms. The second kappa shape index (κ2) is 5.96. The molecule has 2 aromatic rings. The van der Waals surface area contributed by atoms with Gasteiger partial charge in [-0.2, -0.15) is 0 Å². The van der Waals surface area contributed by atoms with E-state index in [0.29, 0.717) is 11.6 Å². The molecule has 1 aromatic heterocycles. The average molecular weight is 338 g/mol. The standard InChI is InChI=1S/C15H18N2O3S2/c1-2-10-3-4-12-13(7-10)21-15(16-12)17-14(18)8-11-5-6-22(19,20)9-11/h3-4,7,11H,2,5-6,8-9H2,1H3,(H,16,17,18). The van der Waals surface area contributed by atoms with E-state index < -0.39 is 9.84 Å². The number of nitrogens with one attached hydrogen (secondary N) is 1. The number of benzene rings is 1. The summed E-state index contributed by atoms with van der Waals surface area (Å²) in [5.41, 5.74) is 2.12. The molecule has 3 rings (SSSR count). The van der Waals surface area contributed by atoms with Crippen LogP contribution in [0.15, 0.2) is 18.2 Å². The quantitative estimate of drug-likeness (QED) is 0.930. The minimum Gasteiger partial charge on any atom is -0.302 e. The zero-order chi connectivity index (χ0) is 15.7. The highest BCUT2D eigenvalue weighted by Gasteiger charge is 2.29. The number of thiazole rings is 1. The number of sulfone groups is 1. The molecule has 7 heteroatoms. The van der Waals surface area contributed by atoms with Crippen molar-refractivity contribution in [3.63, 3.8) is 0 Å². The number of aromatic nitrogens is 1. The SMILES string of the molecule is CCc1ccc2nc(NC(=O)CC3CCS(=O)(=O)C3)sc2c1. The molecule has 5 nitrogen and oxygen atoms in total. The molecule has 1 atom stereocenters. The zero-order valence-electron chi connectivity index (χ0n) is 12.3. The van der Waals surface area contributed by atoms with Gasteiger partial charge in [0.05, 0.1) is 21.7 Å². The van der Waals surface area contributed by atoms with Crippen molar-refractivity contribution in [1.82, 2.24) is 4.98 Å². The number of nitrogens with zero attached hydrogens (tertiary/aromatic N) is 1. The lowest BCUT2D eigenvalue weighted by molar-refractivity contribution is -0.116. The van der Waals surface area contributed by atoms with E-state index in [-0.39, 0.29) is 29.8 Å². The van der Waals surface area contributed by atoms with Crippen LogP contribution < -0.4 is 5.32 Å². The molecule has 1 N–H and O–H groups in total. The molecule has 1 unspecified atom stereocenters. The van der Waals surface area contributed by atoms with Crippen molar-refractivity contribution in [1.29, 1.82) is 0 Å². The van der Waals surface area contributed by atoms with E-state index in [4.69, 9.17) is 0 Å². The lowest BCUT2D eigenvalue weighted by Gasteiger charge is -2.06. The Labute approximate surface area is 133 Å². The maximum absolute atomic E-state index is 12.0. The van der Waals surface area contributed by atoms with Gasteiger partial charge in [0.2, 0.25) is 5.91 Å². The summed E-state index contributed by atoms with van der Waals surface area (Å²) in [6.07, 6.45) is 1.79. The molecular formula is C15H18N2O3S2. The summed E-state index contributed by atoms with van der Waals surface area (Å²) in [6, 6.07) is 6.09. The van der Waals surface area contributed by atoms with Crippen molar-refractivity contribution in [3.8, 4) is 0 Å². The van der Waals surface area contributed by atoms with E-state index in [9.17, 15) is 13.2 Å². The van der Waals surface area contributed by atoms with Crippen molar-refractivity contribution in [2.45, 2.75) is 26.2 Å². The van der Waals surface area contributed by atoms with Gasteiger partial charge in [-0.15, -0.1) is 0 Å². The third-order valence-corrected chi connectivity index (χ3v) is 6.68. The van der Waals surface area contributed by atoms with Crippen molar-refractivity contribution in [2.75, 3.05) is 16.8 Å². The predicted molar refractivity (Wildman–Crippen MR) is 89.0 cm³/mol. The minimum absolute atomic E-state index is 0.0638. The summed E-state index contributed by atoms with van der Waals surface area (Å²) in [5, 5.41) is 3.37. The number of aryl methyl sites for hydroxylation is 1. The molecule has 2 heterocycles. The Morgan fingerprint density at radius 3 is 2.95 bits per heavy atom. The van der Waals surface area contributed by atoms with Gasteiger partial charge in [-0.05, 0) is 36.5 Å². The predicted octanol–water partition coefficient (Wildman–Crippen LogP) is 2.62. The molecule has 1 aliphatic heterocycles. The van der Waals surface area contributed by atoms with Gasteiger partial charge in [0, 0.05) is 6.42 Å². The van der Waals surface area contributed by atoms with E-state index in [1.165, 1.54) is 16.9 Å². The summed E-state index contributed by atoms with van der Waals surface area (Å²) in [6.45, 7) is 2.10. The third-order valence-electron chi connectivity index (χ3n) is 3.91. The highest BCUT2D eigenvalue weighted by atomic mass is 32.2. The molecule has 1 aromatic carbocycles. The molecule has 118 valence electrons. The smallest absolute Gasteiger partial charge is 0.226 e. The van der Waals surface area contributed by atoms with Crippen LogP contribution in [0.1, 0.15) is 25.3 Å². The number of rotatable bonds is 4. The molecule has 1 fully saturated rings. The number of hydrogen-bond acceptors (Lipinski definition) is 5. The van der Waals surface area contributed by atoms with Crippen molar-refractivity contribution >= 4 is 42.4 Å². The fourth-order valence-corrected chi connectivity index (χ4v) is 5.52. The molecular weight excluding hydrogens is 320 g/mol. The first kappa shape index (κ1) is 15.4. The summed E-state index contributed by atoms with van der Waals surface area (Å²) >= 11 is 1.45. The molecule has 0 radical (unpaired) electrons. The van der Waals surface area contributed by atoms with Crippen LogP contribution in [0.5, 0.6) is 0 Å². The Kier molecular flexibility index (Phi) is 4.18. The Morgan fingerprint density at radius 1 is 1.45 bits per heavy atom. The van der Waals surface area contributed by atoms with Gasteiger partial charge in [-0.3, -0.25) is 4.79 Å². The zero-order valence-corrected chi connectivity index (χ0v) is 14.0. The van der Waals surface area contributed by atoms with Crippen molar-refractivity contribution < 1.29 is 13.2 Å². The Hall–Kier alpha value is -1.47. The number of fused-ring (bicyclic) bond motifs is 1. The molecule has 1 aliphatic rings. The first-order valence-electron chi connectivity index (χ1n) is 7.35. The van der Waals surface area contributed by atoms with E-state index in [2.05, 4.69) is 23.3 Å². The largest absolute Gasteiger partial charge is 0.302 e. The second-order valence-corrected chi connectivity index (χ2v) is 8.96. The van der Waals surface area contributed by atoms with E-state index in [0.717, 1.165) is 16.6 Å². The van der Waals surface area contributed by atoms with E-state index >= 15 is 0 Å². The number of carbonyl (C=O) groups is 1. The normalized spacial score (nSPS) is 20.3. The van der Waals surface area contributed by atoms with Crippen LogP contribution in [0.3, 0.4) is 0 Å². The van der Waals surface area contributed by atoms with Gasteiger partial charge in [-0.1, -0.05) is 24.3 Å². The fraction of sp³-hybridized carbons (Fsp3) is 0.467. The number of amides is 1. The second-order valence-electron chi connectivity index (χ2n) is 5.70. The first-order chi connectivity index (χ1) is 10.4. The van der Waals surface area contributed by atoms with Crippen molar-refractivity contribution in [2.24, 2.45) is 5.92 Å². The van der Waals surface area contributed by atoms with Gasteiger partial charge in [0.25, 0.3) is 0 Å². The monoisotopic (exact) mass is 338 g/mol. The van der Waals surface area contributed by atoms with Crippen LogP contribution in [0.2, 0.25) is 0 Å². The van der Waals surface area contributed by atoms with Gasteiger partial charge in [0.15, 0.2) is 15.0 Å². The van der Waals surface area contributed by atoms with Crippen LogP contribution in [0, 0.1) is 5.92 Å². The highest BCUT2D eigenvalue weighted by molar-refractivity contribution is 7.91. The van der Waals surface area contributed by atoms with E-state index in [1.54, 1.807) is 0 Å². The van der Waals surface area contributed by atoms with Crippen LogP contribution in [-0.4, -0.2) is 30.8 Å². The average Bonchev–Trinajstić information content (AvgIpc) is 2.99. The molecule has 0 saturated carbocycles. The lowest BCUT2D eigenvalue weighted by Crippen LogP contribution is -2.17. The van der Waals surface area contributed by atoms with Gasteiger partial charge < -0.3 is 5.32 Å².